The van der Waals surface area contributed by atoms with E-state index in [1.165, 1.54) is 38.2 Å². The van der Waals surface area contributed by atoms with Gasteiger partial charge in [-0.2, -0.15) is 0 Å². The highest BCUT2D eigenvalue weighted by atomic mass is 15.2. The van der Waals surface area contributed by atoms with Gasteiger partial charge in [0, 0.05) is 24.0 Å². The van der Waals surface area contributed by atoms with Crippen molar-refractivity contribution in [1.29, 1.82) is 0 Å². The Morgan fingerprint density at radius 3 is 2.35 bits per heavy atom. The zero-order valence-corrected chi connectivity index (χ0v) is 11.7. The van der Waals surface area contributed by atoms with E-state index < -0.39 is 0 Å². The molecule has 0 atom stereocenters. The quantitative estimate of drug-likeness (QED) is 0.762. The van der Waals surface area contributed by atoms with E-state index in [1.54, 1.807) is 0 Å². The number of hydrogen-bond donors (Lipinski definition) is 0. The third-order valence-electron chi connectivity index (χ3n) is 4.07. The minimum atomic E-state index is 0.342. The lowest BCUT2D eigenvalue weighted by atomic mass is 9.93. The first-order valence-corrected chi connectivity index (χ1v) is 6.83. The van der Waals surface area contributed by atoms with Crippen LogP contribution >= 0.6 is 0 Å². The lowest BCUT2D eigenvalue weighted by Crippen LogP contribution is -2.46. The van der Waals surface area contributed by atoms with Crippen LogP contribution in [0.5, 0.6) is 0 Å². The van der Waals surface area contributed by atoms with E-state index >= 15 is 0 Å². The Kier molecular flexibility index (Phi) is 3.62. The highest BCUT2D eigenvalue weighted by Gasteiger charge is 2.26. The first-order valence-electron chi connectivity index (χ1n) is 6.83. The molecule has 0 aliphatic carbocycles. The highest BCUT2D eigenvalue weighted by Crippen LogP contribution is 2.25. The van der Waals surface area contributed by atoms with Crippen LogP contribution < -0.4 is 0 Å². The van der Waals surface area contributed by atoms with Gasteiger partial charge in [-0.3, -0.25) is 4.90 Å². The fourth-order valence-corrected chi connectivity index (χ4v) is 2.77. The molecule has 0 amide bonds. The fraction of sp³-hybridized carbons (Fsp3) is 0.733. The molecule has 2 nitrogen and oxygen atoms in total. The molecule has 1 saturated heterocycles. The summed E-state index contributed by atoms with van der Waals surface area (Å²) in [6.07, 6.45) is 4.90. The Hall–Kier alpha value is -0.760. The number of nitrogens with zero attached hydrogens (tertiary/aromatic N) is 2. The maximum atomic E-state index is 2.62. The van der Waals surface area contributed by atoms with Gasteiger partial charge in [0.1, 0.15) is 0 Å². The third kappa shape index (κ3) is 3.12. The molecule has 1 aliphatic heterocycles. The molecule has 1 aromatic heterocycles. The van der Waals surface area contributed by atoms with Gasteiger partial charge in [0.05, 0.1) is 0 Å². The number of rotatable bonds is 2. The largest absolute Gasteiger partial charge is 0.351 e. The molecule has 1 aromatic rings. The zero-order valence-electron chi connectivity index (χ0n) is 11.7. The molecule has 0 radical (unpaired) electrons. The van der Waals surface area contributed by atoms with Crippen LogP contribution in [-0.2, 0) is 6.54 Å². The number of aryl methyl sites for hydroxylation is 1. The maximum absolute atomic E-state index is 2.62. The van der Waals surface area contributed by atoms with Gasteiger partial charge in [-0.1, -0.05) is 0 Å². The molecule has 17 heavy (non-hydrogen) atoms. The van der Waals surface area contributed by atoms with Crippen LogP contribution in [0.2, 0.25) is 0 Å². The summed E-state index contributed by atoms with van der Waals surface area (Å²) >= 11 is 0. The summed E-state index contributed by atoms with van der Waals surface area (Å²) in [5.74, 6) is 0.861. The molecule has 2 rings (SSSR count). The van der Waals surface area contributed by atoms with Crippen molar-refractivity contribution in [1.82, 2.24) is 9.47 Å². The number of piperidine rings is 1. The Morgan fingerprint density at radius 1 is 1.24 bits per heavy atom. The number of likely N-dealkylation sites (tertiary alicyclic amines) is 1. The number of hydrogen-bond acceptors (Lipinski definition) is 1. The van der Waals surface area contributed by atoms with Crippen molar-refractivity contribution in [3.63, 3.8) is 0 Å². The lowest BCUT2D eigenvalue weighted by molar-refractivity contribution is 0.0830. The average Bonchev–Trinajstić information content (AvgIpc) is 2.64. The molecular formula is C15H26N2. The Labute approximate surface area is 106 Å². The van der Waals surface area contributed by atoms with Crippen LogP contribution in [0, 0.1) is 12.8 Å². The second kappa shape index (κ2) is 4.85. The standard InChI is InChI=1S/C15H26N2/c1-13-6-5-9-16(13)12-14-7-10-17(11-8-14)15(2,3)4/h5-6,9,14H,7-8,10-12H2,1-4H3. The average molecular weight is 234 g/mol. The molecule has 1 aliphatic rings. The van der Waals surface area contributed by atoms with Crippen molar-refractivity contribution < 1.29 is 0 Å². The van der Waals surface area contributed by atoms with E-state index in [1.807, 2.05) is 0 Å². The van der Waals surface area contributed by atoms with Gasteiger partial charge in [0.15, 0.2) is 0 Å². The molecule has 0 unspecified atom stereocenters. The Morgan fingerprint density at radius 2 is 1.88 bits per heavy atom. The molecule has 0 saturated carbocycles. The van der Waals surface area contributed by atoms with Gasteiger partial charge in [0.2, 0.25) is 0 Å². The Balaban J connectivity index is 1.86. The maximum Gasteiger partial charge on any atom is 0.0251 e. The van der Waals surface area contributed by atoms with E-state index in [2.05, 4.69) is 55.5 Å². The van der Waals surface area contributed by atoms with Gasteiger partial charge in [-0.15, -0.1) is 0 Å². The van der Waals surface area contributed by atoms with Gasteiger partial charge < -0.3 is 4.57 Å². The summed E-state index contributed by atoms with van der Waals surface area (Å²) in [7, 11) is 0. The van der Waals surface area contributed by atoms with Crippen LogP contribution in [0.1, 0.15) is 39.3 Å². The van der Waals surface area contributed by atoms with Gasteiger partial charge in [-0.25, -0.2) is 0 Å². The molecule has 2 heterocycles. The summed E-state index contributed by atoms with van der Waals surface area (Å²) in [6, 6.07) is 4.35. The van der Waals surface area contributed by atoms with Gasteiger partial charge in [0.25, 0.3) is 0 Å². The second-order valence-corrected chi connectivity index (χ2v) is 6.40. The normalized spacial score (nSPS) is 19.8. The van der Waals surface area contributed by atoms with Crippen molar-refractivity contribution in [2.24, 2.45) is 5.92 Å². The number of aromatic nitrogens is 1. The molecule has 1 fully saturated rings. The summed E-state index contributed by atoms with van der Waals surface area (Å²) in [4.78, 5) is 2.62. The second-order valence-electron chi connectivity index (χ2n) is 6.40. The van der Waals surface area contributed by atoms with Crippen molar-refractivity contribution in [2.75, 3.05) is 13.1 Å². The lowest BCUT2D eigenvalue weighted by Gasteiger charge is -2.41. The van der Waals surface area contributed by atoms with Crippen LogP contribution in [0.3, 0.4) is 0 Å². The highest BCUT2D eigenvalue weighted by molar-refractivity contribution is 5.04. The van der Waals surface area contributed by atoms with Crippen molar-refractivity contribution >= 4 is 0 Å². The first kappa shape index (κ1) is 12.7. The van der Waals surface area contributed by atoms with Crippen LogP contribution in [0.4, 0.5) is 0 Å². The summed E-state index contributed by atoms with van der Waals surface area (Å²) in [5, 5.41) is 0. The van der Waals surface area contributed by atoms with Crippen LogP contribution in [0.15, 0.2) is 18.3 Å². The molecular weight excluding hydrogens is 208 g/mol. The summed E-state index contributed by atoms with van der Waals surface area (Å²) in [5.41, 5.74) is 1.73. The van der Waals surface area contributed by atoms with E-state index in [4.69, 9.17) is 0 Å². The SMILES string of the molecule is Cc1cccn1CC1CCN(C(C)(C)C)CC1. The third-order valence-corrected chi connectivity index (χ3v) is 4.07. The van der Waals surface area contributed by atoms with Gasteiger partial charge >= 0.3 is 0 Å². The molecule has 2 heteroatoms. The zero-order chi connectivity index (χ0) is 12.5. The summed E-state index contributed by atoms with van der Waals surface area (Å²) in [6.45, 7) is 12.9. The van der Waals surface area contributed by atoms with Crippen LogP contribution in [-0.4, -0.2) is 28.1 Å². The monoisotopic (exact) mass is 234 g/mol. The molecule has 0 aromatic carbocycles. The first-order chi connectivity index (χ1) is 7.97. The Bertz CT molecular complexity index is 351. The van der Waals surface area contributed by atoms with Crippen molar-refractivity contribution in [2.45, 2.75) is 52.6 Å². The molecule has 96 valence electrons. The van der Waals surface area contributed by atoms with E-state index in [0.717, 1.165) is 5.92 Å². The van der Waals surface area contributed by atoms with E-state index in [9.17, 15) is 0 Å². The minimum absolute atomic E-state index is 0.342. The van der Waals surface area contributed by atoms with Crippen molar-refractivity contribution in [3.8, 4) is 0 Å². The smallest absolute Gasteiger partial charge is 0.0251 e. The van der Waals surface area contributed by atoms with E-state index in [-0.39, 0.29) is 0 Å². The predicted octanol–water partition coefficient (Wildman–Crippen LogP) is 3.31. The fourth-order valence-electron chi connectivity index (χ4n) is 2.77. The van der Waals surface area contributed by atoms with Crippen LogP contribution in [0.25, 0.3) is 0 Å². The molecule has 0 spiro atoms. The summed E-state index contributed by atoms with van der Waals surface area (Å²) < 4.78 is 2.40. The molecule has 0 N–H and O–H groups in total. The van der Waals surface area contributed by atoms with Gasteiger partial charge in [-0.05, 0) is 71.7 Å². The predicted molar refractivity (Wildman–Crippen MR) is 73.2 cm³/mol. The van der Waals surface area contributed by atoms with Crippen molar-refractivity contribution in [3.05, 3.63) is 24.0 Å². The molecule has 0 bridgehead atoms. The van der Waals surface area contributed by atoms with E-state index in [0.29, 0.717) is 5.54 Å². The topological polar surface area (TPSA) is 8.17 Å². The minimum Gasteiger partial charge on any atom is -0.351 e.